The lowest BCUT2D eigenvalue weighted by molar-refractivity contribution is -0.132. The molecule has 2 heterocycles. The lowest BCUT2D eigenvalue weighted by atomic mass is 10.2. The molecule has 2 unspecified atom stereocenters. The Morgan fingerprint density at radius 1 is 1.43 bits per heavy atom. The van der Waals surface area contributed by atoms with Gasteiger partial charge in [-0.05, 0) is 25.0 Å². The minimum absolute atomic E-state index is 0.177. The molecule has 21 heavy (non-hydrogen) atoms. The fourth-order valence-electron chi connectivity index (χ4n) is 2.63. The van der Waals surface area contributed by atoms with E-state index in [1.165, 1.54) is 6.20 Å². The van der Waals surface area contributed by atoms with Crippen LogP contribution in [0.2, 0.25) is 0 Å². The molecule has 1 fully saturated rings. The van der Waals surface area contributed by atoms with Gasteiger partial charge in [0.05, 0.1) is 29.9 Å². The number of hydrazine groups is 1. The van der Waals surface area contributed by atoms with Gasteiger partial charge in [-0.15, -0.1) is 0 Å². The van der Waals surface area contributed by atoms with Crippen LogP contribution in [0, 0.1) is 0 Å². The summed E-state index contributed by atoms with van der Waals surface area (Å²) < 4.78 is 7.28. The average molecular weight is 288 g/mol. The third-order valence-electron chi connectivity index (χ3n) is 3.68. The van der Waals surface area contributed by atoms with E-state index in [0.717, 1.165) is 11.0 Å². The number of nitrogens with two attached hydrogens (primary N) is 1. The van der Waals surface area contributed by atoms with Crippen molar-refractivity contribution in [3.8, 4) is 0 Å². The Balaban J connectivity index is 1.84. The van der Waals surface area contributed by atoms with Crippen molar-refractivity contribution in [1.82, 2.24) is 15.0 Å². The zero-order valence-electron chi connectivity index (χ0n) is 11.4. The van der Waals surface area contributed by atoms with Crippen molar-refractivity contribution in [2.75, 3.05) is 0 Å². The average Bonchev–Trinajstić information content (AvgIpc) is 2.98. The highest BCUT2D eigenvalue weighted by Gasteiger charge is 2.30. The Bertz CT molecular complexity index is 727. The maximum absolute atomic E-state index is 12.0. The molecule has 1 aliphatic rings. The molecule has 1 amide bonds. The van der Waals surface area contributed by atoms with E-state index in [2.05, 4.69) is 10.4 Å². The quantitative estimate of drug-likeness (QED) is 0.468. The fourth-order valence-corrected chi connectivity index (χ4v) is 2.63. The summed E-state index contributed by atoms with van der Waals surface area (Å²) in [5.41, 5.74) is 3.43. The second kappa shape index (κ2) is 5.63. The molecule has 0 bridgehead atoms. The molecule has 1 saturated heterocycles. The molecular weight excluding hydrogens is 272 g/mol. The molecule has 0 saturated carbocycles. The van der Waals surface area contributed by atoms with Gasteiger partial charge in [-0.3, -0.25) is 15.0 Å². The van der Waals surface area contributed by atoms with Crippen LogP contribution < -0.4 is 16.8 Å². The van der Waals surface area contributed by atoms with E-state index >= 15 is 0 Å². The maximum atomic E-state index is 12.0. The van der Waals surface area contributed by atoms with Gasteiger partial charge < -0.3 is 9.30 Å². The summed E-state index contributed by atoms with van der Waals surface area (Å²) in [5.74, 6) is 4.78. The van der Waals surface area contributed by atoms with Crippen LogP contribution in [0.3, 0.4) is 0 Å². The number of benzene rings is 1. The van der Waals surface area contributed by atoms with Gasteiger partial charge in [-0.2, -0.15) is 0 Å². The molecule has 2 atom stereocenters. The van der Waals surface area contributed by atoms with Crippen LogP contribution in [0.1, 0.15) is 12.8 Å². The van der Waals surface area contributed by atoms with Crippen LogP contribution in [-0.4, -0.2) is 27.7 Å². The van der Waals surface area contributed by atoms with Crippen LogP contribution in [0.15, 0.2) is 35.3 Å². The minimum atomic E-state index is -0.538. The summed E-state index contributed by atoms with van der Waals surface area (Å²) >= 11 is 0. The molecule has 1 aromatic heterocycles. The Morgan fingerprint density at radius 2 is 2.24 bits per heavy atom. The normalized spacial score (nSPS) is 21.6. The maximum Gasteiger partial charge on any atom is 0.269 e. The monoisotopic (exact) mass is 288 g/mol. The van der Waals surface area contributed by atoms with Crippen molar-refractivity contribution >= 4 is 16.9 Å². The van der Waals surface area contributed by atoms with Gasteiger partial charge in [-0.25, -0.2) is 10.8 Å². The molecule has 7 heteroatoms. The van der Waals surface area contributed by atoms with E-state index in [-0.39, 0.29) is 17.6 Å². The summed E-state index contributed by atoms with van der Waals surface area (Å²) in [6, 6.07) is 7.44. The van der Waals surface area contributed by atoms with Crippen molar-refractivity contribution < 1.29 is 9.53 Å². The molecular formula is C14H16N4O3. The van der Waals surface area contributed by atoms with Gasteiger partial charge in [-0.1, -0.05) is 12.1 Å². The predicted molar refractivity (Wildman–Crippen MR) is 76.2 cm³/mol. The number of aromatic nitrogens is 2. The number of nitrogens with zero attached hydrogens (tertiary/aromatic N) is 2. The van der Waals surface area contributed by atoms with E-state index in [1.54, 1.807) is 4.57 Å². The molecule has 0 aliphatic carbocycles. The SMILES string of the molecule is NNC(=O)C1CCC(Cn2c(=O)cnc3ccccc32)O1. The van der Waals surface area contributed by atoms with Crippen LogP contribution in [0.5, 0.6) is 0 Å². The van der Waals surface area contributed by atoms with Crippen molar-refractivity contribution in [3.63, 3.8) is 0 Å². The second-order valence-electron chi connectivity index (χ2n) is 5.03. The minimum Gasteiger partial charge on any atom is -0.363 e. The summed E-state index contributed by atoms with van der Waals surface area (Å²) in [6.45, 7) is 0.399. The summed E-state index contributed by atoms with van der Waals surface area (Å²) in [5, 5.41) is 0. The molecule has 2 aromatic rings. The number of hydrogen-bond donors (Lipinski definition) is 2. The number of carbonyl (C=O) groups excluding carboxylic acids is 1. The van der Waals surface area contributed by atoms with Crippen LogP contribution in [0.4, 0.5) is 0 Å². The largest absolute Gasteiger partial charge is 0.363 e. The number of rotatable bonds is 3. The lowest BCUT2D eigenvalue weighted by Crippen LogP contribution is -2.39. The first-order valence-corrected chi connectivity index (χ1v) is 6.79. The number of hydrogen-bond acceptors (Lipinski definition) is 5. The van der Waals surface area contributed by atoms with E-state index < -0.39 is 6.10 Å². The van der Waals surface area contributed by atoms with E-state index in [1.807, 2.05) is 24.3 Å². The predicted octanol–water partition coefficient (Wildman–Crippen LogP) is -0.0660. The molecule has 3 rings (SSSR count). The smallest absolute Gasteiger partial charge is 0.269 e. The molecule has 110 valence electrons. The Morgan fingerprint density at radius 3 is 3.05 bits per heavy atom. The van der Waals surface area contributed by atoms with Crippen molar-refractivity contribution in [2.45, 2.75) is 31.6 Å². The number of amides is 1. The van der Waals surface area contributed by atoms with Crippen LogP contribution >= 0.6 is 0 Å². The first kappa shape index (κ1) is 13.7. The highest BCUT2D eigenvalue weighted by atomic mass is 16.5. The Kier molecular flexibility index (Phi) is 3.68. The van der Waals surface area contributed by atoms with E-state index in [9.17, 15) is 9.59 Å². The van der Waals surface area contributed by atoms with Crippen LogP contribution in [-0.2, 0) is 16.1 Å². The molecule has 7 nitrogen and oxygen atoms in total. The highest BCUT2D eigenvalue weighted by molar-refractivity contribution is 5.80. The van der Waals surface area contributed by atoms with Crippen LogP contribution in [0.25, 0.3) is 11.0 Å². The van der Waals surface area contributed by atoms with Crippen molar-refractivity contribution in [1.29, 1.82) is 0 Å². The van der Waals surface area contributed by atoms with Gasteiger partial charge in [0.2, 0.25) is 0 Å². The Hall–Kier alpha value is -2.25. The van der Waals surface area contributed by atoms with Crippen molar-refractivity contribution in [3.05, 3.63) is 40.8 Å². The summed E-state index contributed by atoms with van der Waals surface area (Å²) in [7, 11) is 0. The zero-order valence-corrected chi connectivity index (χ0v) is 11.4. The van der Waals surface area contributed by atoms with Gasteiger partial charge in [0.25, 0.3) is 11.5 Å². The zero-order chi connectivity index (χ0) is 14.8. The first-order chi connectivity index (χ1) is 10.2. The Labute approximate surface area is 120 Å². The number of para-hydroxylation sites is 2. The molecule has 1 aromatic carbocycles. The van der Waals surface area contributed by atoms with E-state index in [4.69, 9.17) is 10.6 Å². The summed E-state index contributed by atoms with van der Waals surface area (Å²) in [6.07, 6.45) is 1.90. The van der Waals surface area contributed by atoms with Gasteiger partial charge in [0.1, 0.15) is 6.10 Å². The third-order valence-corrected chi connectivity index (χ3v) is 3.68. The third kappa shape index (κ3) is 2.65. The number of nitrogens with one attached hydrogen (secondary N) is 1. The molecule has 1 aliphatic heterocycles. The lowest BCUT2D eigenvalue weighted by Gasteiger charge is -2.15. The van der Waals surface area contributed by atoms with Crippen molar-refractivity contribution in [2.24, 2.45) is 5.84 Å². The first-order valence-electron chi connectivity index (χ1n) is 6.79. The number of carbonyl (C=O) groups is 1. The number of fused-ring (bicyclic) bond motifs is 1. The van der Waals surface area contributed by atoms with Gasteiger partial charge in [0.15, 0.2) is 0 Å². The molecule has 3 N–H and O–H groups in total. The molecule has 0 radical (unpaired) electrons. The fraction of sp³-hybridized carbons (Fsp3) is 0.357. The second-order valence-corrected chi connectivity index (χ2v) is 5.03. The van der Waals surface area contributed by atoms with Gasteiger partial charge in [0, 0.05) is 0 Å². The van der Waals surface area contributed by atoms with Gasteiger partial charge >= 0.3 is 0 Å². The number of ether oxygens (including phenoxy) is 1. The summed E-state index contributed by atoms with van der Waals surface area (Å²) in [4.78, 5) is 27.6. The topological polar surface area (TPSA) is 99.2 Å². The van der Waals surface area contributed by atoms with E-state index in [0.29, 0.717) is 19.4 Å². The highest BCUT2D eigenvalue weighted by Crippen LogP contribution is 2.21. The standard InChI is InChI=1S/C14H16N4O3/c15-17-14(20)12-6-5-9(21-12)8-18-11-4-2-1-3-10(11)16-7-13(18)19/h1-4,7,9,12H,5-6,8,15H2,(H,17,20). The molecule has 0 spiro atoms.